The minimum atomic E-state index is -0.812. The van der Waals surface area contributed by atoms with Crippen LogP contribution in [0.15, 0.2) is 12.4 Å². The molecule has 1 aliphatic carbocycles. The van der Waals surface area contributed by atoms with Gasteiger partial charge in [0, 0.05) is 25.9 Å². The second-order valence-corrected chi connectivity index (χ2v) is 5.74. The average molecular weight is 279 g/mol. The van der Waals surface area contributed by atoms with Gasteiger partial charge in [-0.15, -0.1) is 0 Å². The molecule has 0 atom stereocenters. The first-order valence-electron chi connectivity index (χ1n) is 6.95. The predicted octanol–water partition coefficient (Wildman–Crippen LogP) is 1.79. The van der Waals surface area contributed by atoms with Gasteiger partial charge in [0.25, 0.3) is 0 Å². The first kappa shape index (κ1) is 14.6. The number of carbonyl (C=O) groups excluding carboxylic acids is 1. The highest BCUT2D eigenvalue weighted by atomic mass is 16.4. The van der Waals surface area contributed by atoms with E-state index in [0.29, 0.717) is 13.0 Å². The summed E-state index contributed by atoms with van der Waals surface area (Å²) in [6, 6.07) is 0. The standard InChI is InChI=1S/C14H21N3O3/c1-17(10-11-15-6-7-16-11)12(18)8-14(9-13(19)20)4-2-3-5-14/h6-7H,2-5,8-10H2,1H3,(H,15,16)(H,19,20). The molecule has 1 aromatic heterocycles. The van der Waals surface area contributed by atoms with Crippen molar-refractivity contribution in [2.75, 3.05) is 7.05 Å². The maximum atomic E-state index is 12.3. The van der Waals surface area contributed by atoms with Crippen LogP contribution in [0.5, 0.6) is 0 Å². The van der Waals surface area contributed by atoms with Gasteiger partial charge in [-0.3, -0.25) is 9.59 Å². The number of carboxylic acid groups (broad SMARTS) is 1. The number of hydrogen-bond donors (Lipinski definition) is 2. The number of aromatic nitrogens is 2. The molecule has 0 saturated heterocycles. The number of H-pyrrole nitrogens is 1. The van der Waals surface area contributed by atoms with Crippen molar-refractivity contribution in [3.8, 4) is 0 Å². The lowest BCUT2D eigenvalue weighted by Gasteiger charge is -2.28. The van der Waals surface area contributed by atoms with Gasteiger partial charge in [0.2, 0.25) is 5.91 Å². The summed E-state index contributed by atoms with van der Waals surface area (Å²) in [7, 11) is 1.73. The summed E-state index contributed by atoms with van der Waals surface area (Å²) in [6.07, 6.45) is 7.47. The molecule has 0 aromatic carbocycles. The fourth-order valence-corrected chi connectivity index (χ4v) is 3.01. The molecule has 0 unspecified atom stereocenters. The molecule has 1 aliphatic rings. The summed E-state index contributed by atoms with van der Waals surface area (Å²) < 4.78 is 0. The SMILES string of the molecule is CN(Cc1ncc[nH]1)C(=O)CC1(CC(=O)O)CCCC1. The monoisotopic (exact) mass is 279 g/mol. The third-order valence-corrected chi connectivity index (χ3v) is 4.08. The maximum absolute atomic E-state index is 12.3. The zero-order valence-electron chi connectivity index (χ0n) is 11.8. The van der Waals surface area contributed by atoms with Crippen LogP contribution in [0.25, 0.3) is 0 Å². The van der Waals surface area contributed by atoms with Crippen molar-refractivity contribution in [1.82, 2.24) is 14.9 Å². The van der Waals surface area contributed by atoms with Crippen LogP contribution in [-0.4, -0.2) is 38.9 Å². The van der Waals surface area contributed by atoms with Crippen molar-refractivity contribution in [2.24, 2.45) is 5.41 Å². The smallest absolute Gasteiger partial charge is 0.303 e. The van der Waals surface area contributed by atoms with Gasteiger partial charge in [-0.1, -0.05) is 12.8 Å². The highest BCUT2D eigenvalue weighted by Gasteiger charge is 2.38. The van der Waals surface area contributed by atoms with Gasteiger partial charge in [0.05, 0.1) is 13.0 Å². The number of imidazole rings is 1. The van der Waals surface area contributed by atoms with Gasteiger partial charge in [0.1, 0.15) is 5.82 Å². The Kier molecular flexibility index (Phi) is 4.42. The number of aliphatic carboxylic acids is 1. The van der Waals surface area contributed by atoms with E-state index in [1.165, 1.54) is 0 Å². The summed E-state index contributed by atoms with van der Waals surface area (Å²) in [6.45, 7) is 0.426. The van der Waals surface area contributed by atoms with Crippen molar-refractivity contribution in [1.29, 1.82) is 0 Å². The molecule has 0 spiro atoms. The highest BCUT2D eigenvalue weighted by molar-refractivity contribution is 5.78. The van der Waals surface area contributed by atoms with Crippen LogP contribution in [0.4, 0.5) is 0 Å². The molecule has 1 heterocycles. The van der Waals surface area contributed by atoms with Crippen LogP contribution < -0.4 is 0 Å². The molecule has 6 nitrogen and oxygen atoms in total. The van der Waals surface area contributed by atoms with Gasteiger partial charge < -0.3 is 15.0 Å². The second-order valence-electron chi connectivity index (χ2n) is 5.74. The first-order valence-corrected chi connectivity index (χ1v) is 6.95. The summed E-state index contributed by atoms with van der Waals surface area (Å²) in [5.74, 6) is -0.0857. The van der Waals surface area contributed by atoms with Crippen molar-refractivity contribution in [3.63, 3.8) is 0 Å². The number of nitrogens with one attached hydrogen (secondary N) is 1. The Morgan fingerprint density at radius 1 is 1.40 bits per heavy atom. The van der Waals surface area contributed by atoms with Crippen LogP contribution in [0.3, 0.4) is 0 Å². The van der Waals surface area contributed by atoms with Crippen molar-refractivity contribution >= 4 is 11.9 Å². The quantitative estimate of drug-likeness (QED) is 0.831. The van der Waals surface area contributed by atoms with E-state index in [-0.39, 0.29) is 17.7 Å². The molecule has 2 rings (SSSR count). The van der Waals surface area contributed by atoms with Crippen molar-refractivity contribution in [3.05, 3.63) is 18.2 Å². The molecule has 6 heteroatoms. The van der Waals surface area contributed by atoms with E-state index in [1.807, 2.05) is 0 Å². The Hall–Kier alpha value is -1.85. The van der Waals surface area contributed by atoms with Gasteiger partial charge in [0.15, 0.2) is 0 Å². The number of carbonyl (C=O) groups is 2. The Balaban J connectivity index is 1.95. The zero-order chi connectivity index (χ0) is 14.6. The molecule has 1 fully saturated rings. The van der Waals surface area contributed by atoms with E-state index < -0.39 is 5.97 Å². The molecule has 0 radical (unpaired) electrons. The van der Waals surface area contributed by atoms with Gasteiger partial charge in [-0.25, -0.2) is 4.98 Å². The van der Waals surface area contributed by atoms with Gasteiger partial charge in [-0.05, 0) is 18.3 Å². The molecule has 2 N–H and O–H groups in total. The summed E-state index contributed by atoms with van der Waals surface area (Å²) in [4.78, 5) is 32.0. The largest absolute Gasteiger partial charge is 0.481 e. The molecule has 110 valence electrons. The van der Waals surface area contributed by atoms with Gasteiger partial charge >= 0.3 is 5.97 Å². The lowest BCUT2D eigenvalue weighted by atomic mass is 9.79. The summed E-state index contributed by atoms with van der Waals surface area (Å²) in [5.41, 5.74) is -0.347. The normalized spacial score (nSPS) is 17.1. The number of rotatable bonds is 6. The molecule has 0 aliphatic heterocycles. The minimum absolute atomic E-state index is 0.00968. The number of hydrogen-bond acceptors (Lipinski definition) is 3. The van der Waals surface area contributed by atoms with Crippen molar-refractivity contribution < 1.29 is 14.7 Å². The number of aromatic amines is 1. The molecule has 1 saturated carbocycles. The van der Waals surface area contributed by atoms with Gasteiger partial charge in [-0.2, -0.15) is 0 Å². The molecule has 20 heavy (non-hydrogen) atoms. The third-order valence-electron chi connectivity index (χ3n) is 4.08. The fourth-order valence-electron chi connectivity index (χ4n) is 3.01. The maximum Gasteiger partial charge on any atom is 0.303 e. The Labute approximate surface area is 118 Å². The number of amides is 1. The lowest BCUT2D eigenvalue weighted by molar-refractivity contribution is -0.141. The van der Waals surface area contributed by atoms with E-state index in [1.54, 1.807) is 24.3 Å². The third kappa shape index (κ3) is 3.59. The Morgan fingerprint density at radius 3 is 2.65 bits per heavy atom. The minimum Gasteiger partial charge on any atom is -0.481 e. The van der Waals surface area contributed by atoms with E-state index in [2.05, 4.69) is 9.97 Å². The molecular weight excluding hydrogens is 258 g/mol. The fraction of sp³-hybridized carbons (Fsp3) is 0.643. The molecule has 0 bridgehead atoms. The lowest BCUT2D eigenvalue weighted by Crippen LogP contribution is -2.33. The van der Waals surface area contributed by atoms with E-state index >= 15 is 0 Å². The average Bonchev–Trinajstić information content (AvgIpc) is 3.00. The topological polar surface area (TPSA) is 86.3 Å². The van der Waals surface area contributed by atoms with Crippen LogP contribution in [-0.2, 0) is 16.1 Å². The van der Waals surface area contributed by atoms with Crippen LogP contribution in [0.1, 0.15) is 44.3 Å². The first-order chi connectivity index (χ1) is 9.51. The van der Waals surface area contributed by atoms with Crippen LogP contribution in [0.2, 0.25) is 0 Å². The van der Waals surface area contributed by atoms with E-state index in [9.17, 15) is 9.59 Å². The molecular formula is C14H21N3O3. The second kappa shape index (κ2) is 6.07. The van der Waals surface area contributed by atoms with Crippen LogP contribution in [0, 0.1) is 5.41 Å². The van der Waals surface area contributed by atoms with Crippen molar-refractivity contribution in [2.45, 2.75) is 45.1 Å². The predicted molar refractivity (Wildman–Crippen MR) is 72.8 cm³/mol. The van der Waals surface area contributed by atoms with E-state index in [4.69, 9.17) is 5.11 Å². The highest BCUT2D eigenvalue weighted by Crippen LogP contribution is 2.44. The molecule has 1 aromatic rings. The summed E-state index contributed by atoms with van der Waals surface area (Å²) in [5, 5.41) is 9.06. The Bertz CT molecular complexity index is 464. The number of carboxylic acids is 1. The summed E-state index contributed by atoms with van der Waals surface area (Å²) >= 11 is 0. The van der Waals surface area contributed by atoms with E-state index in [0.717, 1.165) is 31.5 Å². The van der Waals surface area contributed by atoms with Crippen LogP contribution >= 0.6 is 0 Å². The molecule has 1 amide bonds. The zero-order valence-corrected chi connectivity index (χ0v) is 11.8. The Morgan fingerprint density at radius 2 is 2.10 bits per heavy atom. The number of nitrogens with zero attached hydrogens (tertiary/aromatic N) is 2.